The van der Waals surface area contributed by atoms with Crippen LogP contribution in [0.4, 0.5) is 10.1 Å². The van der Waals surface area contributed by atoms with Crippen LogP contribution in [-0.2, 0) is 4.79 Å². The number of rotatable bonds is 5. The van der Waals surface area contributed by atoms with Crippen molar-refractivity contribution in [2.24, 2.45) is 0 Å². The highest BCUT2D eigenvalue weighted by atomic mass is 19.1. The van der Waals surface area contributed by atoms with Crippen molar-refractivity contribution in [2.45, 2.75) is 6.42 Å². The van der Waals surface area contributed by atoms with Gasteiger partial charge in [-0.1, -0.05) is 0 Å². The van der Waals surface area contributed by atoms with E-state index in [0.29, 0.717) is 18.7 Å². The molecule has 0 fully saturated rings. The van der Waals surface area contributed by atoms with Crippen molar-refractivity contribution in [3.63, 3.8) is 0 Å². The van der Waals surface area contributed by atoms with Crippen molar-refractivity contribution >= 4 is 11.6 Å². The van der Waals surface area contributed by atoms with Gasteiger partial charge in [-0.3, -0.25) is 4.79 Å². The van der Waals surface area contributed by atoms with Gasteiger partial charge >= 0.3 is 0 Å². The minimum absolute atomic E-state index is 0.139. The number of amides is 1. The summed E-state index contributed by atoms with van der Waals surface area (Å²) >= 11 is 0. The molecule has 0 aliphatic carbocycles. The fraction of sp³-hybridized carbons (Fsp3) is 0.364. The summed E-state index contributed by atoms with van der Waals surface area (Å²) in [5.74, 6) is -0.203. The molecule has 1 aromatic carbocycles. The molecule has 0 spiro atoms. The van der Waals surface area contributed by atoms with Crippen LogP contribution in [0.25, 0.3) is 0 Å². The molecule has 4 nitrogen and oxygen atoms in total. The van der Waals surface area contributed by atoms with Crippen molar-refractivity contribution in [3.05, 3.63) is 24.0 Å². The Kier molecular flexibility index (Phi) is 4.72. The molecule has 0 heterocycles. The molecule has 1 aromatic rings. The number of carbonyl (C=O) groups excluding carboxylic acids is 1. The third-order valence-electron chi connectivity index (χ3n) is 2.05. The number of hydrogen-bond acceptors (Lipinski definition) is 3. The van der Waals surface area contributed by atoms with Gasteiger partial charge in [0.1, 0.15) is 11.6 Å². The van der Waals surface area contributed by atoms with Crippen LogP contribution in [0.3, 0.4) is 0 Å². The van der Waals surface area contributed by atoms with Crippen molar-refractivity contribution in [3.8, 4) is 5.75 Å². The van der Waals surface area contributed by atoms with Crippen LogP contribution in [0, 0.1) is 5.82 Å². The van der Waals surface area contributed by atoms with Gasteiger partial charge in [0.25, 0.3) is 0 Å². The van der Waals surface area contributed by atoms with E-state index in [1.54, 1.807) is 7.05 Å². The van der Waals surface area contributed by atoms with Crippen LogP contribution in [0.2, 0.25) is 0 Å². The number of methoxy groups -OCH3 is 1. The lowest BCUT2D eigenvalue weighted by Crippen LogP contribution is -2.19. The summed E-state index contributed by atoms with van der Waals surface area (Å²) in [4.78, 5) is 11.4. The molecule has 1 rings (SSSR count). The first-order chi connectivity index (χ1) is 7.67. The zero-order valence-corrected chi connectivity index (χ0v) is 9.34. The summed E-state index contributed by atoms with van der Waals surface area (Å²) < 4.78 is 18.2. The summed E-state index contributed by atoms with van der Waals surface area (Å²) in [5.41, 5.74) is 0.139. The first kappa shape index (κ1) is 12.4. The molecular formula is C11H15FN2O2. The van der Waals surface area contributed by atoms with E-state index >= 15 is 0 Å². The molecule has 0 atom stereocenters. The quantitative estimate of drug-likeness (QED) is 0.797. The molecular weight excluding hydrogens is 211 g/mol. The molecule has 88 valence electrons. The number of hydrogen-bond donors (Lipinski definition) is 2. The Bertz CT molecular complexity index is 369. The number of benzene rings is 1. The van der Waals surface area contributed by atoms with Gasteiger partial charge in [0.2, 0.25) is 5.91 Å². The number of halogens is 1. The molecule has 0 saturated heterocycles. The maximum Gasteiger partial charge on any atom is 0.225 e. The SMILES string of the molecule is CNCCC(=O)Nc1cc(OC)ccc1F. The van der Waals surface area contributed by atoms with Gasteiger partial charge in [0.15, 0.2) is 0 Å². The van der Waals surface area contributed by atoms with E-state index in [1.807, 2.05) is 0 Å². The maximum absolute atomic E-state index is 13.3. The summed E-state index contributed by atoms with van der Waals surface area (Å²) in [6.07, 6.45) is 0.299. The van der Waals surface area contributed by atoms with E-state index in [9.17, 15) is 9.18 Å². The van der Waals surface area contributed by atoms with Gasteiger partial charge in [-0.25, -0.2) is 4.39 Å². The zero-order chi connectivity index (χ0) is 12.0. The molecule has 0 bridgehead atoms. The molecule has 0 saturated carbocycles. The fourth-order valence-electron chi connectivity index (χ4n) is 1.18. The Morgan fingerprint density at radius 2 is 2.25 bits per heavy atom. The van der Waals surface area contributed by atoms with Crippen molar-refractivity contribution in [2.75, 3.05) is 26.0 Å². The number of nitrogens with one attached hydrogen (secondary N) is 2. The van der Waals surface area contributed by atoms with E-state index in [2.05, 4.69) is 10.6 Å². The van der Waals surface area contributed by atoms with E-state index in [1.165, 1.54) is 25.3 Å². The van der Waals surface area contributed by atoms with Gasteiger partial charge < -0.3 is 15.4 Å². The predicted octanol–water partition coefficient (Wildman–Crippen LogP) is 1.38. The fourth-order valence-corrected chi connectivity index (χ4v) is 1.18. The Morgan fingerprint density at radius 3 is 2.88 bits per heavy atom. The average molecular weight is 226 g/mol. The highest BCUT2D eigenvalue weighted by Gasteiger charge is 2.07. The second kappa shape index (κ2) is 6.07. The van der Waals surface area contributed by atoms with Crippen LogP contribution in [-0.4, -0.2) is 26.6 Å². The van der Waals surface area contributed by atoms with Crippen LogP contribution in [0.15, 0.2) is 18.2 Å². The highest BCUT2D eigenvalue weighted by Crippen LogP contribution is 2.20. The monoisotopic (exact) mass is 226 g/mol. The Hall–Kier alpha value is -1.62. The van der Waals surface area contributed by atoms with Crippen LogP contribution >= 0.6 is 0 Å². The largest absolute Gasteiger partial charge is 0.497 e. The second-order valence-corrected chi connectivity index (χ2v) is 3.25. The van der Waals surface area contributed by atoms with E-state index in [4.69, 9.17) is 4.74 Å². The number of carbonyl (C=O) groups is 1. The highest BCUT2D eigenvalue weighted by molar-refractivity contribution is 5.91. The van der Waals surface area contributed by atoms with Crippen LogP contribution < -0.4 is 15.4 Å². The number of anilines is 1. The first-order valence-electron chi connectivity index (χ1n) is 4.95. The summed E-state index contributed by atoms with van der Waals surface area (Å²) in [7, 11) is 3.24. The van der Waals surface area contributed by atoms with Gasteiger partial charge in [-0.05, 0) is 19.2 Å². The van der Waals surface area contributed by atoms with Gasteiger partial charge in [0.05, 0.1) is 12.8 Å². The Morgan fingerprint density at radius 1 is 1.50 bits per heavy atom. The lowest BCUT2D eigenvalue weighted by molar-refractivity contribution is -0.116. The molecule has 5 heteroatoms. The third-order valence-corrected chi connectivity index (χ3v) is 2.05. The standard InChI is InChI=1S/C11H15FN2O2/c1-13-6-5-11(15)14-10-7-8(16-2)3-4-9(10)12/h3-4,7,13H,5-6H2,1-2H3,(H,14,15). The summed E-state index contributed by atoms with van der Waals surface area (Å²) in [6, 6.07) is 4.21. The van der Waals surface area contributed by atoms with Crippen LogP contribution in [0.1, 0.15) is 6.42 Å². The maximum atomic E-state index is 13.3. The van der Waals surface area contributed by atoms with Gasteiger partial charge in [-0.2, -0.15) is 0 Å². The van der Waals surface area contributed by atoms with Gasteiger partial charge in [0, 0.05) is 19.0 Å². The minimum atomic E-state index is -0.474. The summed E-state index contributed by atoms with van der Waals surface area (Å²) in [5, 5.41) is 5.33. The van der Waals surface area contributed by atoms with Crippen LogP contribution in [0.5, 0.6) is 5.75 Å². The molecule has 0 unspecified atom stereocenters. The van der Waals surface area contributed by atoms with Crippen molar-refractivity contribution in [1.29, 1.82) is 0 Å². The lowest BCUT2D eigenvalue weighted by Gasteiger charge is -2.08. The first-order valence-corrected chi connectivity index (χ1v) is 4.95. The van der Waals surface area contributed by atoms with E-state index in [-0.39, 0.29) is 11.6 Å². The van der Waals surface area contributed by atoms with E-state index < -0.39 is 5.82 Å². The molecule has 0 aromatic heterocycles. The second-order valence-electron chi connectivity index (χ2n) is 3.25. The molecule has 0 aliphatic rings. The molecule has 1 amide bonds. The molecule has 0 radical (unpaired) electrons. The smallest absolute Gasteiger partial charge is 0.225 e. The Labute approximate surface area is 93.8 Å². The molecule has 16 heavy (non-hydrogen) atoms. The van der Waals surface area contributed by atoms with Gasteiger partial charge in [-0.15, -0.1) is 0 Å². The normalized spacial score (nSPS) is 9.94. The third kappa shape index (κ3) is 3.51. The average Bonchev–Trinajstić information content (AvgIpc) is 2.29. The molecule has 0 aliphatic heterocycles. The minimum Gasteiger partial charge on any atom is -0.497 e. The van der Waals surface area contributed by atoms with Crippen molar-refractivity contribution in [1.82, 2.24) is 5.32 Å². The van der Waals surface area contributed by atoms with E-state index in [0.717, 1.165) is 0 Å². The predicted molar refractivity (Wildman–Crippen MR) is 60.1 cm³/mol. The van der Waals surface area contributed by atoms with Crippen molar-refractivity contribution < 1.29 is 13.9 Å². The lowest BCUT2D eigenvalue weighted by atomic mass is 10.2. The molecule has 2 N–H and O–H groups in total. The zero-order valence-electron chi connectivity index (χ0n) is 9.34. The Balaban J connectivity index is 2.68. The topological polar surface area (TPSA) is 50.4 Å². The number of ether oxygens (including phenoxy) is 1. The summed E-state index contributed by atoms with van der Waals surface area (Å²) in [6.45, 7) is 0.553.